The molecular formula is C8H5Cl3N2. The molecule has 68 valence electrons. The lowest BCUT2D eigenvalue weighted by molar-refractivity contribution is 0.946. The van der Waals surface area contributed by atoms with Crippen LogP contribution in [0.1, 0.15) is 11.1 Å². The number of hydrogen-bond acceptors (Lipinski definition) is 2. The van der Waals surface area contributed by atoms with Gasteiger partial charge in [-0.15, -0.1) is 0 Å². The standard InChI is InChI=1S/C8H5Cl3N2/c9-4-1-2-5-6(3-4)8(10,11)13-7(5)12/h1-3H,(H2,12,13). The van der Waals surface area contributed by atoms with E-state index >= 15 is 0 Å². The van der Waals surface area contributed by atoms with E-state index in [1.54, 1.807) is 18.2 Å². The van der Waals surface area contributed by atoms with E-state index in [0.717, 1.165) is 5.56 Å². The van der Waals surface area contributed by atoms with Gasteiger partial charge in [-0.25, -0.2) is 4.99 Å². The minimum atomic E-state index is -1.29. The van der Waals surface area contributed by atoms with Gasteiger partial charge in [0.1, 0.15) is 5.84 Å². The van der Waals surface area contributed by atoms with Crippen LogP contribution in [0.5, 0.6) is 0 Å². The van der Waals surface area contributed by atoms with E-state index in [0.29, 0.717) is 16.4 Å². The highest BCUT2D eigenvalue weighted by Gasteiger charge is 2.35. The Hall–Kier alpha value is -0.440. The maximum atomic E-state index is 5.90. The molecule has 0 bridgehead atoms. The number of benzene rings is 1. The second kappa shape index (κ2) is 2.77. The molecule has 0 unspecified atom stereocenters. The van der Waals surface area contributed by atoms with Gasteiger partial charge in [-0.05, 0) is 18.2 Å². The van der Waals surface area contributed by atoms with Crippen molar-refractivity contribution >= 4 is 40.6 Å². The molecule has 0 spiro atoms. The SMILES string of the molecule is NC1=NC(Cl)(Cl)c2cc(Cl)ccc21. The van der Waals surface area contributed by atoms with Crippen molar-refractivity contribution in [1.29, 1.82) is 0 Å². The average molecular weight is 236 g/mol. The number of amidine groups is 1. The average Bonchev–Trinajstić information content (AvgIpc) is 2.23. The molecule has 5 heteroatoms. The van der Waals surface area contributed by atoms with Crippen LogP contribution in [0.4, 0.5) is 0 Å². The number of halogens is 3. The van der Waals surface area contributed by atoms with E-state index in [2.05, 4.69) is 4.99 Å². The Labute approximate surface area is 90.3 Å². The predicted octanol–water partition coefficient (Wildman–Crippen LogP) is 2.65. The zero-order chi connectivity index (χ0) is 9.64. The van der Waals surface area contributed by atoms with Crippen molar-refractivity contribution < 1.29 is 0 Å². The van der Waals surface area contributed by atoms with E-state index in [-0.39, 0.29) is 0 Å². The fourth-order valence-corrected chi connectivity index (χ4v) is 1.93. The summed E-state index contributed by atoms with van der Waals surface area (Å²) in [5, 5.41) is 0.564. The third kappa shape index (κ3) is 1.39. The minimum Gasteiger partial charge on any atom is -0.383 e. The Bertz CT molecular complexity index is 398. The highest BCUT2D eigenvalue weighted by Crippen LogP contribution is 2.42. The first-order valence-electron chi connectivity index (χ1n) is 3.54. The summed E-state index contributed by atoms with van der Waals surface area (Å²) in [5.74, 6) is 0.344. The summed E-state index contributed by atoms with van der Waals surface area (Å²) in [5.41, 5.74) is 6.99. The van der Waals surface area contributed by atoms with E-state index < -0.39 is 4.46 Å². The molecule has 0 atom stereocenters. The lowest BCUT2D eigenvalue weighted by atomic mass is 10.1. The number of fused-ring (bicyclic) bond motifs is 1. The second-order valence-electron chi connectivity index (χ2n) is 2.73. The highest BCUT2D eigenvalue weighted by molar-refractivity contribution is 6.49. The highest BCUT2D eigenvalue weighted by atomic mass is 35.5. The van der Waals surface area contributed by atoms with Gasteiger partial charge in [-0.2, -0.15) is 0 Å². The molecule has 1 heterocycles. The predicted molar refractivity (Wildman–Crippen MR) is 55.6 cm³/mol. The van der Waals surface area contributed by atoms with Crippen LogP contribution in [0.2, 0.25) is 5.02 Å². The summed E-state index contributed by atoms with van der Waals surface area (Å²) in [6, 6.07) is 5.14. The Morgan fingerprint density at radius 2 is 2.00 bits per heavy atom. The molecule has 2 rings (SSSR count). The van der Waals surface area contributed by atoms with E-state index in [4.69, 9.17) is 40.5 Å². The molecular weight excluding hydrogens is 230 g/mol. The number of nitrogens with two attached hydrogens (primary N) is 1. The zero-order valence-electron chi connectivity index (χ0n) is 6.39. The van der Waals surface area contributed by atoms with Gasteiger partial charge < -0.3 is 5.73 Å². The number of hydrogen-bond donors (Lipinski definition) is 1. The molecule has 0 radical (unpaired) electrons. The van der Waals surface area contributed by atoms with Gasteiger partial charge in [0.15, 0.2) is 0 Å². The van der Waals surface area contributed by atoms with Crippen LogP contribution in [0.25, 0.3) is 0 Å². The van der Waals surface area contributed by atoms with Crippen LogP contribution in [-0.4, -0.2) is 5.84 Å². The minimum absolute atomic E-state index is 0.344. The van der Waals surface area contributed by atoms with Crippen molar-refractivity contribution in [3.05, 3.63) is 34.3 Å². The van der Waals surface area contributed by atoms with Gasteiger partial charge in [-0.3, -0.25) is 0 Å². The maximum absolute atomic E-state index is 5.90. The third-order valence-electron chi connectivity index (χ3n) is 1.84. The summed E-state index contributed by atoms with van der Waals surface area (Å²) < 4.78 is -1.29. The molecule has 2 nitrogen and oxygen atoms in total. The zero-order valence-corrected chi connectivity index (χ0v) is 8.66. The molecule has 1 aromatic carbocycles. The molecule has 0 amide bonds. The third-order valence-corrected chi connectivity index (χ3v) is 2.65. The topological polar surface area (TPSA) is 38.4 Å². The maximum Gasteiger partial charge on any atom is 0.236 e. The monoisotopic (exact) mass is 234 g/mol. The molecule has 0 aliphatic carbocycles. The second-order valence-corrected chi connectivity index (χ2v) is 4.45. The van der Waals surface area contributed by atoms with Crippen LogP contribution < -0.4 is 5.73 Å². The molecule has 0 saturated heterocycles. The summed E-state index contributed by atoms with van der Waals surface area (Å²) >= 11 is 17.6. The smallest absolute Gasteiger partial charge is 0.236 e. The lowest BCUT2D eigenvalue weighted by Gasteiger charge is -2.09. The van der Waals surface area contributed by atoms with E-state index in [9.17, 15) is 0 Å². The van der Waals surface area contributed by atoms with Crippen LogP contribution in [0.3, 0.4) is 0 Å². The fourth-order valence-electron chi connectivity index (χ4n) is 1.26. The molecule has 2 N–H and O–H groups in total. The number of nitrogens with zero attached hydrogens (tertiary/aromatic N) is 1. The van der Waals surface area contributed by atoms with Gasteiger partial charge in [-0.1, -0.05) is 34.8 Å². The van der Waals surface area contributed by atoms with Gasteiger partial charge in [0.25, 0.3) is 0 Å². The van der Waals surface area contributed by atoms with Gasteiger partial charge >= 0.3 is 0 Å². The number of aliphatic imine (C=N–C) groups is 1. The van der Waals surface area contributed by atoms with Crippen LogP contribution in [0, 0.1) is 0 Å². The molecule has 0 aromatic heterocycles. The summed E-state index contributed by atoms with van der Waals surface area (Å²) in [6.45, 7) is 0. The van der Waals surface area contributed by atoms with Crippen molar-refractivity contribution in [1.82, 2.24) is 0 Å². The van der Waals surface area contributed by atoms with Crippen molar-refractivity contribution in [2.45, 2.75) is 4.46 Å². The van der Waals surface area contributed by atoms with Gasteiger partial charge in [0.2, 0.25) is 4.46 Å². The molecule has 1 aliphatic heterocycles. The Kier molecular flexibility index (Phi) is 1.95. The summed E-state index contributed by atoms with van der Waals surface area (Å²) in [4.78, 5) is 3.90. The lowest BCUT2D eigenvalue weighted by Crippen LogP contribution is -2.09. The molecule has 0 saturated carbocycles. The van der Waals surface area contributed by atoms with E-state index in [1.165, 1.54) is 0 Å². The van der Waals surface area contributed by atoms with Crippen molar-refractivity contribution in [3.63, 3.8) is 0 Å². The molecule has 1 aromatic rings. The molecule has 0 fully saturated rings. The normalized spacial score (nSPS) is 18.2. The van der Waals surface area contributed by atoms with E-state index in [1.807, 2.05) is 0 Å². The first-order chi connectivity index (χ1) is 6.00. The van der Waals surface area contributed by atoms with Gasteiger partial charge in [0.05, 0.1) is 0 Å². The van der Waals surface area contributed by atoms with Crippen LogP contribution in [0.15, 0.2) is 23.2 Å². The Morgan fingerprint density at radius 1 is 1.31 bits per heavy atom. The first kappa shape index (κ1) is 9.13. The largest absolute Gasteiger partial charge is 0.383 e. The summed E-state index contributed by atoms with van der Waals surface area (Å²) in [7, 11) is 0. The Morgan fingerprint density at radius 3 is 2.69 bits per heavy atom. The van der Waals surface area contributed by atoms with Crippen LogP contribution in [-0.2, 0) is 4.46 Å². The quantitative estimate of drug-likeness (QED) is 0.545. The van der Waals surface area contributed by atoms with Crippen molar-refractivity contribution in [2.24, 2.45) is 10.7 Å². The van der Waals surface area contributed by atoms with Crippen molar-refractivity contribution in [2.75, 3.05) is 0 Å². The van der Waals surface area contributed by atoms with Crippen LogP contribution >= 0.6 is 34.8 Å². The number of alkyl halides is 2. The fraction of sp³-hybridized carbons (Fsp3) is 0.125. The Balaban J connectivity index is 2.68. The number of rotatable bonds is 0. The first-order valence-corrected chi connectivity index (χ1v) is 4.67. The van der Waals surface area contributed by atoms with Crippen molar-refractivity contribution in [3.8, 4) is 0 Å². The summed E-state index contributed by atoms with van der Waals surface area (Å²) in [6.07, 6.45) is 0. The molecule has 1 aliphatic rings. The van der Waals surface area contributed by atoms with Gasteiger partial charge in [0, 0.05) is 16.1 Å². The molecule has 13 heavy (non-hydrogen) atoms.